The van der Waals surface area contributed by atoms with E-state index in [9.17, 15) is 14.7 Å². The summed E-state index contributed by atoms with van der Waals surface area (Å²) in [6.07, 6.45) is 1.55. The SMILES string of the molecule is O=C(O)C(Cc1ccccc1)c1nc[nH]c(=O)c1I. The van der Waals surface area contributed by atoms with Gasteiger partial charge in [-0.25, -0.2) is 4.98 Å². The maximum Gasteiger partial charge on any atom is 0.312 e. The minimum Gasteiger partial charge on any atom is -0.481 e. The van der Waals surface area contributed by atoms with E-state index in [0.717, 1.165) is 5.56 Å². The molecule has 6 heteroatoms. The molecule has 1 heterocycles. The van der Waals surface area contributed by atoms with Crippen molar-refractivity contribution in [3.05, 3.63) is 61.8 Å². The normalized spacial score (nSPS) is 12.1. The molecule has 0 aliphatic heterocycles. The molecule has 19 heavy (non-hydrogen) atoms. The summed E-state index contributed by atoms with van der Waals surface area (Å²) >= 11 is 1.83. The Kier molecular flexibility index (Phi) is 4.31. The van der Waals surface area contributed by atoms with Crippen molar-refractivity contribution in [2.24, 2.45) is 0 Å². The largest absolute Gasteiger partial charge is 0.481 e. The molecule has 1 atom stereocenters. The number of nitrogens with zero attached hydrogens (tertiary/aromatic N) is 1. The monoisotopic (exact) mass is 370 g/mol. The van der Waals surface area contributed by atoms with Gasteiger partial charge in [-0.05, 0) is 34.6 Å². The molecule has 0 radical (unpaired) electrons. The first-order valence-corrected chi connectivity index (χ1v) is 6.67. The lowest BCUT2D eigenvalue weighted by Crippen LogP contribution is -2.22. The summed E-state index contributed by atoms with van der Waals surface area (Å²) < 4.78 is 0.323. The third-order valence-electron chi connectivity index (χ3n) is 2.73. The number of aromatic amines is 1. The molecule has 0 bridgehead atoms. The van der Waals surface area contributed by atoms with E-state index >= 15 is 0 Å². The first-order valence-electron chi connectivity index (χ1n) is 5.59. The van der Waals surface area contributed by atoms with E-state index in [4.69, 9.17) is 0 Å². The van der Waals surface area contributed by atoms with E-state index in [1.54, 1.807) is 0 Å². The van der Waals surface area contributed by atoms with Gasteiger partial charge in [0.05, 0.1) is 12.0 Å². The zero-order valence-corrected chi connectivity index (χ0v) is 12.0. The number of aliphatic carboxylic acids is 1. The molecule has 1 unspecified atom stereocenters. The quantitative estimate of drug-likeness (QED) is 0.804. The van der Waals surface area contributed by atoms with Crippen LogP contribution in [0.3, 0.4) is 0 Å². The third kappa shape index (κ3) is 3.19. The molecule has 0 amide bonds. The van der Waals surface area contributed by atoms with Crippen LogP contribution in [0, 0.1) is 3.57 Å². The lowest BCUT2D eigenvalue weighted by Gasteiger charge is -2.12. The summed E-state index contributed by atoms with van der Waals surface area (Å²) in [6, 6.07) is 9.29. The summed E-state index contributed by atoms with van der Waals surface area (Å²) in [5.41, 5.74) is 0.887. The summed E-state index contributed by atoms with van der Waals surface area (Å²) in [6.45, 7) is 0. The van der Waals surface area contributed by atoms with Crippen molar-refractivity contribution in [1.29, 1.82) is 0 Å². The number of H-pyrrole nitrogens is 1. The summed E-state index contributed by atoms with van der Waals surface area (Å²) in [7, 11) is 0. The molecule has 5 nitrogen and oxygen atoms in total. The van der Waals surface area contributed by atoms with Crippen LogP contribution in [0.1, 0.15) is 17.2 Å². The van der Waals surface area contributed by atoms with Crippen molar-refractivity contribution in [1.82, 2.24) is 9.97 Å². The Bertz CT molecular complexity index is 640. The Balaban J connectivity index is 2.39. The van der Waals surface area contributed by atoms with E-state index in [0.29, 0.717) is 15.7 Å². The molecule has 98 valence electrons. The molecule has 0 saturated heterocycles. The van der Waals surface area contributed by atoms with Gasteiger partial charge in [0.1, 0.15) is 9.49 Å². The van der Waals surface area contributed by atoms with Crippen LogP contribution in [0.2, 0.25) is 0 Å². The highest BCUT2D eigenvalue weighted by Crippen LogP contribution is 2.21. The van der Waals surface area contributed by atoms with Crippen molar-refractivity contribution in [3.8, 4) is 0 Å². The molecule has 2 N–H and O–H groups in total. The van der Waals surface area contributed by atoms with Gasteiger partial charge in [0, 0.05) is 0 Å². The second-order valence-electron chi connectivity index (χ2n) is 4.01. The van der Waals surface area contributed by atoms with Gasteiger partial charge in [0.25, 0.3) is 5.56 Å². The first kappa shape index (κ1) is 13.7. The lowest BCUT2D eigenvalue weighted by atomic mass is 9.96. The van der Waals surface area contributed by atoms with Gasteiger partial charge in [-0.1, -0.05) is 30.3 Å². The van der Waals surface area contributed by atoms with Crippen molar-refractivity contribution in [2.45, 2.75) is 12.3 Å². The molecule has 1 aromatic carbocycles. The molecule has 2 aromatic rings. The van der Waals surface area contributed by atoms with Crippen LogP contribution in [0.5, 0.6) is 0 Å². The van der Waals surface area contributed by atoms with Gasteiger partial charge in [0.2, 0.25) is 0 Å². The van der Waals surface area contributed by atoms with Crippen molar-refractivity contribution >= 4 is 28.6 Å². The van der Waals surface area contributed by atoms with Crippen LogP contribution >= 0.6 is 22.6 Å². The van der Waals surface area contributed by atoms with Crippen LogP contribution in [-0.2, 0) is 11.2 Å². The second kappa shape index (κ2) is 5.96. The fourth-order valence-corrected chi connectivity index (χ4v) is 2.46. The van der Waals surface area contributed by atoms with Crippen LogP contribution in [-0.4, -0.2) is 21.0 Å². The molecule has 0 saturated carbocycles. The average Bonchev–Trinajstić information content (AvgIpc) is 2.40. The molecule has 1 aromatic heterocycles. The number of hydrogen-bond donors (Lipinski definition) is 2. The summed E-state index contributed by atoms with van der Waals surface area (Å²) in [4.78, 5) is 29.4. The number of carbonyl (C=O) groups is 1. The maximum atomic E-state index is 11.5. The number of hydrogen-bond acceptors (Lipinski definition) is 3. The van der Waals surface area contributed by atoms with E-state index in [2.05, 4.69) is 9.97 Å². The molecule has 0 spiro atoms. The molecular weight excluding hydrogens is 359 g/mol. The molecule has 2 rings (SSSR count). The van der Waals surface area contributed by atoms with E-state index in [-0.39, 0.29) is 5.56 Å². The van der Waals surface area contributed by atoms with Gasteiger partial charge >= 0.3 is 5.97 Å². The van der Waals surface area contributed by atoms with Crippen LogP contribution < -0.4 is 5.56 Å². The smallest absolute Gasteiger partial charge is 0.312 e. The number of carboxylic acid groups (broad SMARTS) is 1. The van der Waals surface area contributed by atoms with Crippen LogP contribution in [0.4, 0.5) is 0 Å². The highest BCUT2D eigenvalue weighted by atomic mass is 127. The van der Waals surface area contributed by atoms with Crippen LogP contribution in [0.15, 0.2) is 41.5 Å². The van der Waals surface area contributed by atoms with E-state index in [1.165, 1.54) is 6.33 Å². The number of halogens is 1. The molecule has 0 fully saturated rings. The average molecular weight is 370 g/mol. The first-order chi connectivity index (χ1) is 9.09. The number of nitrogens with one attached hydrogen (secondary N) is 1. The Hall–Kier alpha value is -1.70. The predicted octanol–water partition coefficient (Wildman–Crippen LogP) is 1.79. The maximum absolute atomic E-state index is 11.5. The highest BCUT2D eigenvalue weighted by Gasteiger charge is 2.25. The summed E-state index contributed by atoms with van der Waals surface area (Å²) in [5, 5.41) is 9.35. The Labute approximate surface area is 122 Å². The van der Waals surface area contributed by atoms with Crippen molar-refractivity contribution in [2.75, 3.05) is 0 Å². The number of rotatable bonds is 4. The fraction of sp³-hybridized carbons (Fsp3) is 0.154. The van der Waals surface area contributed by atoms with Gasteiger partial charge in [0.15, 0.2) is 0 Å². The Morgan fingerprint density at radius 1 is 1.37 bits per heavy atom. The minimum atomic E-state index is -0.986. The molecular formula is C13H11IN2O3. The predicted molar refractivity (Wildman–Crippen MR) is 78.1 cm³/mol. The van der Waals surface area contributed by atoms with Crippen molar-refractivity contribution in [3.63, 3.8) is 0 Å². The van der Waals surface area contributed by atoms with E-state index in [1.807, 2.05) is 52.9 Å². The Morgan fingerprint density at radius 3 is 2.68 bits per heavy atom. The van der Waals surface area contributed by atoms with Gasteiger partial charge < -0.3 is 10.1 Å². The topological polar surface area (TPSA) is 83.0 Å². The fourth-order valence-electron chi connectivity index (χ4n) is 1.79. The van der Waals surface area contributed by atoms with Gasteiger partial charge in [-0.15, -0.1) is 0 Å². The number of aromatic nitrogens is 2. The zero-order chi connectivity index (χ0) is 13.8. The van der Waals surface area contributed by atoms with Crippen molar-refractivity contribution < 1.29 is 9.90 Å². The van der Waals surface area contributed by atoms with Gasteiger partial charge in [-0.3, -0.25) is 9.59 Å². The van der Waals surface area contributed by atoms with Gasteiger partial charge in [-0.2, -0.15) is 0 Å². The molecule has 0 aliphatic rings. The Morgan fingerprint density at radius 2 is 2.05 bits per heavy atom. The molecule has 0 aliphatic carbocycles. The zero-order valence-electron chi connectivity index (χ0n) is 9.84. The minimum absolute atomic E-state index is 0.306. The number of benzene rings is 1. The summed E-state index contributed by atoms with van der Waals surface area (Å²) in [5.74, 6) is -1.81. The van der Waals surface area contributed by atoms with Crippen LogP contribution in [0.25, 0.3) is 0 Å². The second-order valence-corrected chi connectivity index (χ2v) is 5.09. The highest BCUT2D eigenvalue weighted by molar-refractivity contribution is 14.1. The number of carboxylic acids is 1. The standard InChI is InChI=1S/C13H11IN2O3/c14-10-11(15-7-16-12(10)17)9(13(18)19)6-8-4-2-1-3-5-8/h1-5,7,9H,6H2,(H,18,19)(H,15,16,17). The third-order valence-corrected chi connectivity index (χ3v) is 3.78. The lowest BCUT2D eigenvalue weighted by molar-refractivity contribution is -0.138. The van der Waals surface area contributed by atoms with E-state index < -0.39 is 11.9 Å².